The molecule has 2 unspecified atom stereocenters. The van der Waals surface area contributed by atoms with E-state index in [-0.39, 0.29) is 16.4 Å². The monoisotopic (exact) mass is 284 g/mol. The van der Waals surface area contributed by atoms with Crippen LogP contribution in [0.3, 0.4) is 0 Å². The number of hydrogen-bond acceptors (Lipinski definition) is 2. The third kappa shape index (κ3) is 1.75. The van der Waals surface area contributed by atoms with Crippen LogP contribution in [-0.4, -0.2) is 16.5 Å². The van der Waals surface area contributed by atoms with E-state index in [4.69, 9.17) is 0 Å². The highest BCUT2D eigenvalue weighted by molar-refractivity contribution is 8.00. The Hall–Kier alpha value is -1.20. The highest BCUT2D eigenvalue weighted by atomic mass is 32.2. The lowest BCUT2D eigenvalue weighted by atomic mass is 9.80. The Kier molecular flexibility index (Phi) is 2.80. The topological polar surface area (TPSA) is 20.2 Å². The fourth-order valence-corrected chi connectivity index (χ4v) is 3.96. The van der Waals surface area contributed by atoms with Crippen LogP contribution in [0.4, 0.5) is 13.2 Å². The Morgan fingerprint density at radius 2 is 2.00 bits per heavy atom. The van der Waals surface area contributed by atoms with Crippen molar-refractivity contribution in [3.05, 3.63) is 53.6 Å². The van der Waals surface area contributed by atoms with Gasteiger partial charge in [-0.2, -0.15) is 13.2 Å². The van der Waals surface area contributed by atoms with Crippen molar-refractivity contribution in [3.63, 3.8) is 0 Å². The molecule has 0 radical (unpaired) electrons. The van der Waals surface area contributed by atoms with Crippen LogP contribution < -0.4 is 0 Å². The van der Waals surface area contributed by atoms with Crippen LogP contribution in [-0.2, 0) is 5.60 Å². The molecule has 1 nitrogen and oxygen atoms in total. The van der Waals surface area contributed by atoms with Crippen molar-refractivity contribution in [1.82, 2.24) is 0 Å². The van der Waals surface area contributed by atoms with Crippen LogP contribution in [0.25, 0.3) is 0 Å². The first-order valence-electron chi connectivity index (χ1n) is 5.87. The second kappa shape index (κ2) is 4.15. The number of halogens is 3. The molecule has 2 aliphatic rings. The fraction of sp³-hybridized carbons (Fsp3) is 0.286. The summed E-state index contributed by atoms with van der Waals surface area (Å²) in [6.45, 7) is 0. The maximum atomic E-state index is 13.5. The summed E-state index contributed by atoms with van der Waals surface area (Å²) in [6.07, 6.45) is 0.579. The summed E-state index contributed by atoms with van der Waals surface area (Å²) in [5.74, 6) is 0. The van der Waals surface area contributed by atoms with Crippen molar-refractivity contribution < 1.29 is 18.3 Å². The standard InChI is InChI=1S/C14H11F3OS/c15-14(16,17)13(18)9-5-1-3-7-11(9)19-12-8-4-2-6-10(12)13/h1-7,12,18H,8H2. The van der Waals surface area contributed by atoms with Crippen molar-refractivity contribution in [3.8, 4) is 0 Å². The maximum absolute atomic E-state index is 13.5. The van der Waals surface area contributed by atoms with Gasteiger partial charge in [0.25, 0.3) is 0 Å². The Balaban J connectivity index is 2.27. The second-order valence-corrected chi connectivity index (χ2v) is 5.84. The van der Waals surface area contributed by atoms with E-state index in [0.717, 1.165) is 0 Å². The van der Waals surface area contributed by atoms with Gasteiger partial charge >= 0.3 is 6.18 Å². The summed E-state index contributed by atoms with van der Waals surface area (Å²) in [7, 11) is 0. The number of fused-ring (bicyclic) bond motifs is 2. The van der Waals surface area contributed by atoms with Gasteiger partial charge in [0, 0.05) is 15.7 Å². The van der Waals surface area contributed by atoms with E-state index in [1.807, 2.05) is 6.08 Å². The van der Waals surface area contributed by atoms with Crippen LogP contribution >= 0.6 is 11.8 Å². The molecule has 5 heteroatoms. The lowest BCUT2D eigenvalue weighted by molar-refractivity contribution is -0.252. The number of hydrogen-bond donors (Lipinski definition) is 1. The van der Waals surface area contributed by atoms with Crippen LogP contribution in [0.2, 0.25) is 0 Å². The van der Waals surface area contributed by atoms with Crippen molar-refractivity contribution in [2.24, 2.45) is 0 Å². The van der Waals surface area contributed by atoms with Gasteiger partial charge < -0.3 is 5.11 Å². The molecule has 0 saturated carbocycles. The highest BCUT2D eigenvalue weighted by Gasteiger charge is 2.61. The van der Waals surface area contributed by atoms with Crippen LogP contribution in [0.1, 0.15) is 12.0 Å². The van der Waals surface area contributed by atoms with E-state index in [2.05, 4.69) is 0 Å². The Morgan fingerprint density at radius 3 is 2.74 bits per heavy atom. The van der Waals surface area contributed by atoms with Crippen molar-refractivity contribution in [2.75, 3.05) is 0 Å². The van der Waals surface area contributed by atoms with Crippen molar-refractivity contribution >= 4 is 11.8 Å². The van der Waals surface area contributed by atoms with E-state index in [1.165, 1.54) is 30.0 Å². The summed E-state index contributed by atoms with van der Waals surface area (Å²) in [6, 6.07) is 6.20. The zero-order valence-electron chi connectivity index (χ0n) is 9.82. The molecular formula is C14H11F3OS. The molecule has 0 spiro atoms. The molecular weight excluding hydrogens is 273 g/mol. The number of aliphatic hydroxyl groups is 1. The van der Waals surface area contributed by atoms with Crippen molar-refractivity contribution in [2.45, 2.75) is 28.3 Å². The van der Waals surface area contributed by atoms with Gasteiger partial charge in [0.1, 0.15) is 0 Å². The Labute approximate surface area is 112 Å². The predicted octanol–water partition coefficient (Wildman–Crippen LogP) is 3.80. The van der Waals surface area contributed by atoms with E-state index >= 15 is 0 Å². The summed E-state index contributed by atoms with van der Waals surface area (Å²) in [5.41, 5.74) is -2.90. The lowest BCUT2D eigenvalue weighted by Gasteiger charge is -2.42. The summed E-state index contributed by atoms with van der Waals surface area (Å²) in [5, 5.41) is 10.1. The number of alkyl halides is 3. The minimum atomic E-state index is -4.72. The van der Waals surface area contributed by atoms with Gasteiger partial charge in [-0.15, -0.1) is 11.8 Å². The van der Waals surface area contributed by atoms with Gasteiger partial charge in [-0.05, 0) is 18.1 Å². The molecule has 1 aliphatic heterocycles. The van der Waals surface area contributed by atoms with Gasteiger partial charge in [0.05, 0.1) is 0 Å². The average molecular weight is 284 g/mol. The normalized spacial score (nSPS) is 29.5. The fourth-order valence-electron chi connectivity index (χ4n) is 2.57. The third-order valence-electron chi connectivity index (χ3n) is 3.48. The molecule has 0 amide bonds. The zero-order valence-corrected chi connectivity index (χ0v) is 10.6. The predicted molar refractivity (Wildman–Crippen MR) is 67.9 cm³/mol. The maximum Gasteiger partial charge on any atom is 0.425 e. The third-order valence-corrected chi connectivity index (χ3v) is 4.82. The van der Waals surface area contributed by atoms with Gasteiger partial charge in [0.2, 0.25) is 5.60 Å². The molecule has 0 bridgehead atoms. The van der Waals surface area contributed by atoms with Gasteiger partial charge in [-0.3, -0.25) is 0 Å². The molecule has 3 rings (SSSR count). The first-order valence-corrected chi connectivity index (χ1v) is 6.75. The minimum Gasteiger partial charge on any atom is -0.372 e. The van der Waals surface area contributed by atoms with E-state index in [1.54, 1.807) is 18.2 Å². The van der Waals surface area contributed by atoms with Crippen LogP contribution in [0.15, 0.2) is 53.0 Å². The SMILES string of the molecule is OC1(C(F)(F)F)C2=CC=CCC2Sc2ccccc21. The van der Waals surface area contributed by atoms with E-state index in [0.29, 0.717) is 11.3 Å². The Morgan fingerprint density at radius 1 is 1.26 bits per heavy atom. The molecule has 0 aromatic heterocycles. The molecule has 1 N–H and O–H groups in total. The van der Waals surface area contributed by atoms with Crippen LogP contribution in [0.5, 0.6) is 0 Å². The van der Waals surface area contributed by atoms with Gasteiger partial charge in [0.15, 0.2) is 0 Å². The smallest absolute Gasteiger partial charge is 0.372 e. The van der Waals surface area contributed by atoms with Gasteiger partial charge in [-0.1, -0.05) is 36.4 Å². The van der Waals surface area contributed by atoms with E-state index in [9.17, 15) is 18.3 Å². The minimum absolute atomic E-state index is 0.0335. The molecule has 19 heavy (non-hydrogen) atoms. The number of thioether (sulfide) groups is 1. The summed E-state index contributed by atoms with van der Waals surface area (Å²) >= 11 is 1.38. The van der Waals surface area contributed by atoms with Crippen LogP contribution in [0, 0.1) is 0 Å². The second-order valence-electron chi connectivity index (χ2n) is 4.60. The molecule has 1 aliphatic carbocycles. The molecule has 0 fully saturated rings. The number of benzene rings is 1. The quantitative estimate of drug-likeness (QED) is 0.782. The van der Waals surface area contributed by atoms with E-state index < -0.39 is 11.8 Å². The highest BCUT2D eigenvalue weighted by Crippen LogP contribution is 2.55. The molecule has 1 aromatic carbocycles. The molecule has 1 aromatic rings. The zero-order chi connectivity index (χ0) is 13.7. The number of allylic oxidation sites excluding steroid dienone is 3. The summed E-state index contributed by atoms with van der Waals surface area (Å²) < 4.78 is 40.4. The first kappa shape index (κ1) is 12.8. The molecule has 2 atom stereocenters. The van der Waals surface area contributed by atoms with Crippen molar-refractivity contribution in [1.29, 1.82) is 0 Å². The lowest BCUT2D eigenvalue weighted by Crippen LogP contribution is -2.49. The number of rotatable bonds is 0. The Bertz CT molecular complexity index is 576. The summed E-state index contributed by atoms with van der Waals surface area (Å²) in [4.78, 5) is 0.500. The molecule has 1 heterocycles. The average Bonchev–Trinajstić information content (AvgIpc) is 2.38. The van der Waals surface area contributed by atoms with Gasteiger partial charge in [-0.25, -0.2) is 0 Å². The largest absolute Gasteiger partial charge is 0.425 e. The first-order chi connectivity index (χ1) is 8.94. The molecule has 100 valence electrons. The molecule has 0 saturated heterocycles.